The van der Waals surface area contributed by atoms with Crippen LogP contribution < -0.4 is 0 Å². The molecule has 0 saturated carbocycles. The highest BCUT2D eigenvalue weighted by Crippen LogP contribution is 2.35. The largest absolute Gasteiger partial charge is 0.256 e. The highest BCUT2D eigenvalue weighted by Gasteiger charge is 2.14. The summed E-state index contributed by atoms with van der Waals surface area (Å²) in [5.74, 6) is 0.707. The first-order chi connectivity index (χ1) is 23.8. The number of pyridine rings is 1. The number of hydrogen-bond donors (Lipinski definition) is 0. The van der Waals surface area contributed by atoms with E-state index in [-0.39, 0.29) is 0 Å². The summed E-state index contributed by atoms with van der Waals surface area (Å²) in [6, 6.07) is 63.2. The zero-order valence-electron chi connectivity index (χ0n) is 26.2. The fourth-order valence-electron chi connectivity index (χ4n) is 6.08. The minimum absolute atomic E-state index is 0.707. The molecule has 2 aromatic heterocycles. The Bertz CT molecular complexity index is 2280. The molecule has 0 aliphatic carbocycles. The molecule has 8 rings (SSSR count). The summed E-state index contributed by atoms with van der Waals surface area (Å²) in [5.41, 5.74) is 14.0. The van der Waals surface area contributed by atoms with Crippen molar-refractivity contribution in [2.45, 2.75) is 0 Å². The number of rotatable bonds is 7. The van der Waals surface area contributed by atoms with Crippen LogP contribution >= 0.6 is 0 Å². The molecule has 2 heterocycles. The molecule has 0 aliphatic heterocycles. The van der Waals surface area contributed by atoms with Gasteiger partial charge in [-0.1, -0.05) is 164 Å². The fraction of sp³-hybridized carbons (Fsp3) is 0. The predicted octanol–water partition coefficient (Wildman–Crippen LogP) is 11.5. The zero-order valence-corrected chi connectivity index (χ0v) is 26.2. The van der Waals surface area contributed by atoms with E-state index in [4.69, 9.17) is 9.97 Å². The van der Waals surface area contributed by atoms with Crippen molar-refractivity contribution in [1.29, 1.82) is 0 Å². The quantitative estimate of drug-likeness (QED) is 0.179. The molecule has 0 spiro atoms. The summed E-state index contributed by atoms with van der Waals surface area (Å²) in [6.45, 7) is 0. The second-order valence-corrected chi connectivity index (χ2v) is 11.7. The number of benzene rings is 6. The second-order valence-electron chi connectivity index (χ2n) is 11.7. The Morgan fingerprint density at radius 1 is 0.271 bits per heavy atom. The van der Waals surface area contributed by atoms with Crippen LogP contribution in [0.1, 0.15) is 0 Å². The van der Waals surface area contributed by atoms with Gasteiger partial charge in [0.05, 0.1) is 17.1 Å². The fourth-order valence-corrected chi connectivity index (χ4v) is 6.08. The summed E-state index contributed by atoms with van der Waals surface area (Å²) in [4.78, 5) is 14.6. The van der Waals surface area contributed by atoms with Crippen molar-refractivity contribution in [3.63, 3.8) is 0 Å². The van der Waals surface area contributed by atoms with Gasteiger partial charge in [-0.05, 0) is 51.6 Å². The number of aromatic nitrogens is 3. The third-order valence-electron chi connectivity index (χ3n) is 8.62. The molecule has 0 N–H and O–H groups in total. The minimum Gasteiger partial charge on any atom is -0.256 e. The lowest BCUT2D eigenvalue weighted by atomic mass is 9.96. The molecular formula is C45H31N3. The number of hydrogen-bond acceptors (Lipinski definition) is 3. The highest BCUT2D eigenvalue weighted by molar-refractivity contribution is 5.84. The van der Waals surface area contributed by atoms with Crippen LogP contribution in [0.15, 0.2) is 188 Å². The molecule has 48 heavy (non-hydrogen) atoms. The Kier molecular flexibility index (Phi) is 7.92. The maximum Gasteiger partial charge on any atom is 0.160 e. The van der Waals surface area contributed by atoms with Crippen LogP contribution in [0.2, 0.25) is 0 Å². The van der Waals surface area contributed by atoms with Gasteiger partial charge in [0, 0.05) is 28.5 Å². The Morgan fingerprint density at radius 3 is 1.25 bits per heavy atom. The topological polar surface area (TPSA) is 38.7 Å². The van der Waals surface area contributed by atoms with E-state index in [1.54, 1.807) is 0 Å². The van der Waals surface area contributed by atoms with Crippen LogP contribution in [0.3, 0.4) is 0 Å². The lowest BCUT2D eigenvalue weighted by molar-refractivity contribution is 1.18. The summed E-state index contributed by atoms with van der Waals surface area (Å²) < 4.78 is 0. The molecule has 8 aromatic rings. The summed E-state index contributed by atoms with van der Waals surface area (Å²) >= 11 is 0. The lowest BCUT2D eigenvalue weighted by Crippen LogP contribution is -1.97. The molecule has 0 bridgehead atoms. The Hall–Kier alpha value is -6.45. The molecule has 0 atom stereocenters. The molecule has 3 heteroatoms. The van der Waals surface area contributed by atoms with Gasteiger partial charge in [0.25, 0.3) is 0 Å². The molecule has 0 aliphatic rings. The first-order valence-electron chi connectivity index (χ1n) is 16.1. The van der Waals surface area contributed by atoms with Gasteiger partial charge in [-0.15, -0.1) is 0 Å². The molecule has 3 nitrogen and oxygen atoms in total. The van der Waals surface area contributed by atoms with Crippen LogP contribution in [0.25, 0.3) is 78.5 Å². The maximum atomic E-state index is 5.09. The van der Waals surface area contributed by atoms with Gasteiger partial charge >= 0.3 is 0 Å². The van der Waals surface area contributed by atoms with Gasteiger partial charge in [0.15, 0.2) is 5.82 Å². The van der Waals surface area contributed by atoms with Crippen LogP contribution in [0.5, 0.6) is 0 Å². The third kappa shape index (κ3) is 6.05. The van der Waals surface area contributed by atoms with E-state index in [9.17, 15) is 0 Å². The maximum absolute atomic E-state index is 5.09. The second kappa shape index (κ2) is 13.1. The first kappa shape index (κ1) is 29.0. The molecule has 6 aromatic carbocycles. The van der Waals surface area contributed by atoms with Gasteiger partial charge in [-0.3, -0.25) is 4.98 Å². The van der Waals surface area contributed by atoms with Crippen LogP contribution in [0, 0.1) is 0 Å². The van der Waals surface area contributed by atoms with Crippen molar-refractivity contribution in [2.24, 2.45) is 0 Å². The number of nitrogens with zero attached hydrogens (tertiary/aromatic N) is 3. The molecule has 0 radical (unpaired) electrons. The summed E-state index contributed by atoms with van der Waals surface area (Å²) in [6.07, 6.45) is 1.83. The van der Waals surface area contributed by atoms with E-state index >= 15 is 0 Å². The molecular weight excluding hydrogens is 583 g/mol. The SMILES string of the molecule is c1ccc(-c2nc(-c3ccc(-c4ccc(-c5ccc(-c6ccccn6)cc5)cc4)cc3)cc(-c3ccccc3-c3ccccc3)n2)cc1. The minimum atomic E-state index is 0.707. The zero-order chi connectivity index (χ0) is 32.1. The molecule has 0 amide bonds. The van der Waals surface area contributed by atoms with Gasteiger partial charge in [-0.2, -0.15) is 0 Å². The lowest BCUT2D eigenvalue weighted by Gasteiger charge is -2.13. The van der Waals surface area contributed by atoms with Crippen molar-refractivity contribution in [3.05, 3.63) is 188 Å². The van der Waals surface area contributed by atoms with Crippen molar-refractivity contribution in [1.82, 2.24) is 15.0 Å². The molecule has 0 unspecified atom stereocenters. The average molecular weight is 614 g/mol. The van der Waals surface area contributed by atoms with Crippen molar-refractivity contribution in [2.75, 3.05) is 0 Å². The summed E-state index contributed by atoms with van der Waals surface area (Å²) in [7, 11) is 0. The van der Waals surface area contributed by atoms with Gasteiger partial charge in [0.2, 0.25) is 0 Å². The van der Waals surface area contributed by atoms with Gasteiger partial charge in [-0.25, -0.2) is 9.97 Å². The van der Waals surface area contributed by atoms with E-state index < -0.39 is 0 Å². The Labute approximate surface area is 280 Å². The molecule has 0 saturated heterocycles. The average Bonchev–Trinajstić information content (AvgIpc) is 3.19. The van der Waals surface area contributed by atoms with E-state index in [0.29, 0.717) is 5.82 Å². The standard InChI is InChI=1S/C45H31N3/c1-3-11-36(12-4-1)40-15-7-8-16-41(40)44-31-43(47-45(48-44)39-13-5-2-6-14-39)38-28-24-35(25-29-38)33-20-18-32(19-21-33)34-22-26-37(27-23-34)42-17-9-10-30-46-42/h1-31H. The third-order valence-corrected chi connectivity index (χ3v) is 8.62. The predicted molar refractivity (Wildman–Crippen MR) is 198 cm³/mol. The van der Waals surface area contributed by atoms with Crippen molar-refractivity contribution in [3.8, 4) is 78.5 Å². The normalized spacial score (nSPS) is 10.9. The van der Waals surface area contributed by atoms with Crippen LogP contribution in [-0.2, 0) is 0 Å². The van der Waals surface area contributed by atoms with E-state index in [2.05, 4.69) is 145 Å². The molecule has 0 fully saturated rings. The van der Waals surface area contributed by atoms with Crippen molar-refractivity contribution >= 4 is 0 Å². The van der Waals surface area contributed by atoms with E-state index in [1.807, 2.05) is 48.7 Å². The first-order valence-corrected chi connectivity index (χ1v) is 16.1. The van der Waals surface area contributed by atoms with Gasteiger partial charge in [0.1, 0.15) is 0 Å². The molecule has 226 valence electrons. The van der Waals surface area contributed by atoms with Crippen LogP contribution in [-0.4, -0.2) is 15.0 Å². The van der Waals surface area contributed by atoms with E-state index in [1.165, 1.54) is 16.7 Å². The highest BCUT2D eigenvalue weighted by atomic mass is 14.9. The Morgan fingerprint density at radius 2 is 0.708 bits per heavy atom. The monoisotopic (exact) mass is 613 g/mol. The van der Waals surface area contributed by atoms with E-state index in [0.717, 1.165) is 56.0 Å². The van der Waals surface area contributed by atoms with Crippen molar-refractivity contribution < 1.29 is 0 Å². The van der Waals surface area contributed by atoms with Gasteiger partial charge < -0.3 is 0 Å². The summed E-state index contributed by atoms with van der Waals surface area (Å²) in [5, 5.41) is 0. The van der Waals surface area contributed by atoms with Crippen LogP contribution in [0.4, 0.5) is 0 Å². The smallest absolute Gasteiger partial charge is 0.160 e. The Balaban J connectivity index is 1.10.